The third-order valence-corrected chi connectivity index (χ3v) is 3.64. The Kier molecular flexibility index (Phi) is 3.39. The van der Waals surface area contributed by atoms with E-state index in [1.165, 1.54) is 25.7 Å². The van der Waals surface area contributed by atoms with E-state index in [2.05, 4.69) is 34.3 Å². The number of aromatic nitrogens is 2. The molecular weight excluding hydrogens is 200 g/mol. The molecule has 0 amide bonds. The van der Waals surface area contributed by atoms with Crippen LogP contribution in [0.5, 0.6) is 0 Å². The number of anilines is 1. The number of hydrogen-bond donors (Lipinski definition) is 1. The van der Waals surface area contributed by atoms with Gasteiger partial charge in [0.15, 0.2) is 0 Å². The standard InChI is InChI=1S/C12H20N4/c1-16(2)12(5-3-4-6-12)10-15-11-9-13-7-8-14-11/h7-9H,3-6,10H2,1-2H3,(H,14,15). The molecule has 0 atom stereocenters. The summed E-state index contributed by atoms with van der Waals surface area (Å²) in [7, 11) is 4.34. The molecule has 0 bridgehead atoms. The van der Waals surface area contributed by atoms with Gasteiger partial charge in [-0.1, -0.05) is 12.8 Å². The maximum Gasteiger partial charge on any atom is 0.144 e. The minimum Gasteiger partial charge on any atom is -0.367 e. The van der Waals surface area contributed by atoms with E-state index < -0.39 is 0 Å². The molecule has 1 aromatic heterocycles. The van der Waals surface area contributed by atoms with Crippen LogP contribution in [0.25, 0.3) is 0 Å². The molecular formula is C12H20N4. The SMILES string of the molecule is CN(C)C1(CNc2cnccn2)CCCC1. The van der Waals surface area contributed by atoms with Gasteiger partial charge in [0.2, 0.25) is 0 Å². The van der Waals surface area contributed by atoms with Gasteiger partial charge in [0.25, 0.3) is 0 Å². The quantitative estimate of drug-likeness (QED) is 0.839. The lowest BCUT2D eigenvalue weighted by Gasteiger charge is -2.36. The Morgan fingerprint density at radius 2 is 2.06 bits per heavy atom. The van der Waals surface area contributed by atoms with Crippen molar-refractivity contribution in [3.63, 3.8) is 0 Å². The molecule has 4 nitrogen and oxygen atoms in total. The fourth-order valence-corrected chi connectivity index (χ4v) is 2.46. The van der Waals surface area contributed by atoms with Gasteiger partial charge in [0.05, 0.1) is 6.20 Å². The summed E-state index contributed by atoms with van der Waals surface area (Å²) >= 11 is 0. The minimum atomic E-state index is 0.303. The highest BCUT2D eigenvalue weighted by molar-refractivity contribution is 5.30. The van der Waals surface area contributed by atoms with Crippen LogP contribution in [0.1, 0.15) is 25.7 Å². The summed E-state index contributed by atoms with van der Waals surface area (Å²) in [5, 5.41) is 3.39. The maximum absolute atomic E-state index is 4.24. The first-order chi connectivity index (χ1) is 7.73. The van der Waals surface area contributed by atoms with Crippen molar-refractivity contribution < 1.29 is 0 Å². The molecule has 1 aromatic rings. The van der Waals surface area contributed by atoms with Crippen LogP contribution in [-0.4, -0.2) is 41.0 Å². The number of nitrogens with one attached hydrogen (secondary N) is 1. The lowest BCUT2D eigenvalue weighted by atomic mass is 9.96. The van der Waals surface area contributed by atoms with E-state index in [0.717, 1.165) is 12.4 Å². The first-order valence-electron chi connectivity index (χ1n) is 5.90. The normalized spacial score (nSPS) is 18.9. The van der Waals surface area contributed by atoms with Gasteiger partial charge in [-0.3, -0.25) is 4.98 Å². The van der Waals surface area contributed by atoms with E-state index in [1.54, 1.807) is 18.6 Å². The molecule has 1 aliphatic rings. The molecule has 1 N–H and O–H groups in total. The van der Waals surface area contributed by atoms with Crippen molar-refractivity contribution in [2.24, 2.45) is 0 Å². The van der Waals surface area contributed by atoms with Gasteiger partial charge < -0.3 is 10.2 Å². The number of likely N-dealkylation sites (N-methyl/N-ethyl adjacent to an activating group) is 1. The highest BCUT2D eigenvalue weighted by Crippen LogP contribution is 2.33. The monoisotopic (exact) mass is 220 g/mol. The van der Waals surface area contributed by atoms with Crippen molar-refractivity contribution in [3.05, 3.63) is 18.6 Å². The van der Waals surface area contributed by atoms with Gasteiger partial charge in [-0.05, 0) is 26.9 Å². The Hall–Kier alpha value is -1.16. The number of nitrogens with zero attached hydrogens (tertiary/aromatic N) is 3. The molecule has 0 saturated heterocycles. The zero-order chi connectivity index (χ0) is 11.4. The average Bonchev–Trinajstić information content (AvgIpc) is 2.78. The van der Waals surface area contributed by atoms with Crippen molar-refractivity contribution in [2.75, 3.05) is 26.0 Å². The Morgan fingerprint density at radius 3 is 2.62 bits per heavy atom. The number of rotatable bonds is 4. The molecule has 1 saturated carbocycles. The van der Waals surface area contributed by atoms with Gasteiger partial charge in [-0.2, -0.15) is 0 Å². The molecule has 16 heavy (non-hydrogen) atoms. The van der Waals surface area contributed by atoms with Crippen molar-refractivity contribution in [2.45, 2.75) is 31.2 Å². The van der Waals surface area contributed by atoms with Crippen LogP contribution in [0.4, 0.5) is 5.82 Å². The molecule has 1 aliphatic carbocycles. The predicted molar refractivity (Wildman–Crippen MR) is 65.4 cm³/mol. The molecule has 4 heteroatoms. The Bertz CT molecular complexity index is 317. The molecule has 0 aliphatic heterocycles. The Labute approximate surface area is 97.1 Å². The van der Waals surface area contributed by atoms with Crippen LogP contribution >= 0.6 is 0 Å². The molecule has 88 valence electrons. The fourth-order valence-electron chi connectivity index (χ4n) is 2.46. The summed E-state index contributed by atoms with van der Waals surface area (Å²) in [4.78, 5) is 10.6. The van der Waals surface area contributed by atoms with Crippen LogP contribution < -0.4 is 5.32 Å². The summed E-state index contributed by atoms with van der Waals surface area (Å²) < 4.78 is 0. The lowest BCUT2D eigenvalue weighted by molar-refractivity contribution is 0.172. The first-order valence-corrected chi connectivity index (χ1v) is 5.90. The van der Waals surface area contributed by atoms with E-state index in [4.69, 9.17) is 0 Å². The fraction of sp³-hybridized carbons (Fsp3) is 0.667. The number of hydrogen-bond acceptors (Lipinski definition) is 4. The van der Waals surface area contributed by atoms with E-state index in [9.17, 15) is 0 Å². The van der Waals surface area contributed by atoms with Crippen molar-refractivity contribution >= 4 is 5.82 Å². The predicted octanol–water partition coefficient (Wildman–Crippen LogP) is 1.76. The summed E-state index contributed by atoms with van der Waals surface area (Å²) in [6.07, 6.45) is 10.4. The largest absolute Gasteiger partial charge is 0.367 e. The molecule has 0 unspecified atom stereocenters. The van der Waals surface area contributed by atoms with E-state index >= 15 is 0 Å². The zero-order valence-electron chi connectivity index (χ0n) is 10.1. The summed E-state index contributed by atoms with van der Waals surface area (Å²) in [5.41, 5.74) is 0.303. The van der Waals surface area contributed by atoms with Crippen molar-refractivity contribution in [1.29, 1.82) is 0 Å². The maximum atomic E-state index is 4.24. The highest BCUT2D eigenvalue weighted by atomic mass is 15.2. The average molecular weight is 220 g/mol. The first kappa shape index (κ1) is 11.3. The summed E-state index contributed by atoms with van der Waals surface area (Å²) in [6.45, 7) is 0.957. The van der Waals surface area contributed by atoms with Crippen LogP contribution in [-0.2, 0) is 0 Å². The van der Waals surface area contributed by atoms with Crippen LogP contribution in [0.2, 0.25) is 0 Å². The third kappa shape index (κ3) is 2.32. The molecule has 0 radical (unpaired) electrons. The Balaban J connectivity index is 1.97. The molecule has 2 rings (SSSR count). The summed E-state index contributed by atoms with van der Waals surface area (Å²) in [6, 6.07) is 0. The van der Waals surface area contributed by atoms with Gasteiger partial charge in [-0.15, -0.1) is 0 Å². The van der Waals surface area contributed by atoms with Gasteiger partial charge in [0, 0.05) is 24.5 Å². The summed E-state index contributed by atoms with van der Waals surface area (Å²) in [5.74, 6) is 0.871. The molecule has 0 spiro atoms. The van der Waals surface area contributed by atoms with E-state index in [1.807, 2.05) is 0 Å². The second-order valence-corrected chi connectivity index (χ2v) is 4.77. The van der Waals surface area contributed by atoms with Crippen LogP contribution in [0.15, 0.2) is 18.6 Å². The van der Waals surface area contributed by atoms with Crippen LogP contribution in [0.3, 0.4) is 0 Å². The molecule has 0 aromatic carbocycles. The second kappa shape index (κ2) is 4.78. The Morgan fingerprint density at radius 1 is 1.31 bits per heavy atom. The molecule has 1 heterocycles. The molecule has 1 fully saturated rings. The van der Waals surface area contributed by atoms with Gasteiger partial charge in [0.1, 0.15) is 5.82 Å². The smallest absolute Gasteiger partial charge is 0.144 e. The highest BCUT2D eigenvalue weighted by Gasteiger charge is 2.35. The van der Waals surface area contributed by atoms with Gasteiger partial charge >= 0.3 is 0 Å². The second-order valence-electron chi connectivity index (χ2n) is 4.77. The van der Waals surface area contributed by atoms with Gasteiger partial charge in [-0.25, -0.2) is 4.98 Å². The minimum absolute atomic E-state index is 0.303. The van der Waals surface area contributed by atoms with E-state index in [-0.39, 0.29) is 0 Å². The van der Waals surface area contributed by atoms with Crippen molar-refractivity contribution in [3.8, 4) is 0 Å². The zero-order valence-corrected chi connectivity index (χ0v) is 10.1. The van der Waals surface area contributed by atoms with Crippen LogP contribution in [0, 0.1) is 0 Å². The third-order valence-electron chi connectivity index (χ3n) is 3.64. The van der Waals surface area contributed by atoms with E-state index in [0.29, 0.717) is 5.54 Å². The topological polar surface area (TPSA) is 41.0 Å². The van der Waals surface area contributed by atoms with Crippen molar-refractivity contribution in [1.82, 2.24) is 14.9 Å². The lowest BCUT2D eigenvalue weighted by Crippen LogP contribution is -2.47.